The second kappa shape index (κ2) is 9.10. The molecule has 1 rings (SSSR count). The Morgan fingerprint density at radius 3 is 0.900 bits per heavy atom. The van der Waals surface area contributed by atoms with Crippen LogP contribution in [-0.4, -0.2) is 0 Å². The fourth-order valence-corrected chi connectivity index (χ4v) is 0.385. The third kappa shape index (κ3) is 8.10. The Hall–Kier alpha value is 0.100. The van der Waals surface area contributed by atoms with Crippen LogP contribution in [0.5, 0.6) is 0 Å². The number of rotatable bonds is 0. The molecule has 0 N–H and O–H groups in total. The molecule has 0 bridgehead atoms. The van der Waals surface area contributed by atoms with Crippen molar-refractivity contribution in [3.05, 3.63) is 36.4 Å². The number of benzene rings is 1. The summed E-state index contributed by atoms with van der Waals surface area (Å²) in [7, 11) is 2.34. The van der Waals surface area contributed by atoms with E-state index in [4.69, 9.17) is 0 Å². The zero-order valence-corrected chi connectivity index (χ0v) is 8.36. The molecule has 54 valence electrons. The molecule has 0 fully saturated rings. The molecule has 0 spiro atoms. The zero-order valence-electron chi connectivity index (χ0n) is 5.10. The molecule has 4 heteroatoms. The molecule has 0 aliphatic heterocycles. The highest BCUT2D eigenvalue weighted by Crippen LogP contribution is 1.79. The van der Waals surface area contributed by atoms with E-state index in [9.17, 15) is 0 Å². The lowest BCUT2D eigenvalue weighted by atomic mass is 10.4. The average Bonchev–Trinajstić information content (AvgIpc) is 2.08. The van der Waals surface area contributed by atoms with Crippen LogP contribution in [0.1, 0.15) is 0 Å². The lowest BCUT2D eigenvalue weighted by Crippen LogP contribution is -1.47. The maximum absolute atomic E-state index is 4.33. The Bertz CT molecular complexity index is 184. The van der Waals surface area contributed by atoms with Crippen molar-refractivity contribution in [3.8, 4) is 0 Å². The maximum Gasteiger partial charge on any atom is 0 e. The predicted octanol–water partition coefficient (Wildman–Crippen LogP) is 1.68. The van der Waals surface area contributed by atoms with E-state index in [2.05, 4.69) is 22.4 Å². The SMILES string of the molecule is S=S=S=S.c1ccccc1. The molecule has 0 unspecified atom stereocenters. The highest BCUT2D eigenvalue weighted by atomic mass is 33.2. The molecule has 0 heterocycles. The lowest BCUT2D eigenvalue weighted by molar-refractivity contribution is 1.72. The molecule has 0 aliphatic rings. The molecule has 0 amide bonds. The van der Waals surface area contributed by atoms with Crippen molar-refractivity contribution in [2.75, 3.05) is 0 Å². The van der Waals surface area contributed by atoms with Crippen LogP contribution in [0.3, 0.4) is 0 Å². The van der Waals surface area contributed by atoms with Gasteiger partial charge in [-0.1, -0.05) is 36.4 Å². The Morgan fingerprint density at radius 1 is 0.600 bits per heavy atom. The van der Waals surface area contributed by atoms with Gasteiger partial charge in [-0.25, -0.2) is 0 Å². The summed E-state index contributed by atoms with van der Waals surface area (Å²) in [4.78, 5) is 0. The summed E-state index contributed by atoms with van der Waals surface area (Å²) in [5.74, 6) is 0. The molecular weight excluding hydrogens is 200 g/mol. The van der Waals surface area contributed by atoms with E-state index in [1.165, 1.54) is 17.8 Å². The van der Waals surface area contributed by atoms with Gasteiger partial charge in [0, 0.05) is 40.1 Å². The summed E-state index contributed by atoms with van der Waals surface area (Å²) in [6.07, 6.45) is 0. The summed E-state index contributed by atoms with van der Waals surface area (Å²) < 4.78 is 0. The van der Waals surface area contributed by atoms with E-state index in [0.717, 1.165) is 0 Å². The minimum absolute atomic E-state index is 1.17. The smallest absolute Gasteiger partial charge is 0 e. The van der Waals surface area contributed by atoms with Crippen LogP contribution < -0.4 is 0 Å². The van der Waals surface area contributed by atoms with Crippen molar-refractivity contribution < 1.29 is 0 Å². The maximum atomic E-state index is 4.33. The van der Waals surface area contributed by atoms with Crippen molar-refractivity contribution in [2.24, 2.45) is 0 Å². The molecule has 10 heavy (non-hydrogen) atoms. The standard InChI is InChI=1S/C6H6.S4/c1-2-4-6-5-3-1;1-3-4-2/h1-6H;. The van der Waals surface area contributed by atoms with Gasteiger partial charge in [-0.2, -0.15) is 0 Å². The third-order valence-corrected chi connectivity index (χ3v) is 2.92. The van der Waals surface area contributed by atoms with Gasteiger partial charge in [-0.05, 0) is 0 Å². The van der Waals surface area contributed by atoms with E-state index >= 15 is 0 Å². The monoisotopic (exact) mass is 206 g/mol. The molecule has 1 aromatic rings. The van der Waals surface area contributed by atoms with Gasteiger partial charge in [0.25, 0.3) is 0 Å². The quantitative estimate of drug-likeness (QED) is 0.633. The fraction of sp³-hybridized carbons (Fsp3) is 0. The van der Waals surface area contributed by atoms with Crippen molar-refractivity contribution in [1.82, 2.24) is 0 Å². The van der Waals surface area contributed by atoms with E-state index in [-0.39, 0.29) is 0 Å². The van der Waals surface area contributed by atoms with E-state index < -0.39 is 0 Å². The third-order valence-electron chi connectivity index (χ3n) is 0.694. The molecular formula is C6H6S4. The number of hydrogen-bond donors (Lipinski definition) is 0. The van der Waals surface area contributed by atoms with Crippen LogP contribution in [0.4, 0.5) is 0 Å². The Morgan fingerprint density at radius 2 is 0.800 bits per heavy atom. The van der Waals surface area contributed by atoms with Gasteiger partial charge in [0.2, 0.25) is 0 Å². The van der Waals surface area contributed by atoms with Gasteiger partial charge in [0.15, 0.2) is 0 Å². The van der Waals surface area contributed by atoms with Crippen LogP contribution in [0.25, 0.3) is 0 Å². The number of hydrogen-bond acceptors (Lipinski definition) is 2. The first-order valence-electron chi connectivity index (χ1n) is 2.50. The Kier molecular flexibility index (Phi) is 9.19. The molecule has 0 nitrogen and oxygen atoms in total. The molecule has 0 aromatic heterocycles. The predicted molar refractivity (Wildman–Crippen MR) is 55.9 cm³/mol. The topological polar surface area (TPSA) is 0 Å². The van der Waals surface area contributed by atoms with Gasteiger partial charge in [0.1, 0.15) is 0 Å². The average molecular weight is 206 g/mol. The van der Waals surface area contributed by atoms with Crippen LogP contribution in [0, 0.1) is 0 Å². The van der Waals surface area contributed by atoms with Gasteiger partial charge in [-0.15, -0.1) is 0 Å². The largest absolute Gasteiger partial charge is 0.0623 e. The second-order valence-electron chi connectivity index (χ2n) is 1.29. The Balaban J connectivity index is 0.000000180. The van der Waals surface area contributed by atoms with Gasteiger partial charge in [-0.3, -0.25) is 0 Å². The van der Waals surface area contributed by atoms with Gasteiger partial charge >= 0.3 is 0 Å². The van der Waals surface area contributed by atoms with Gasteiger partial charge < -0.3 is 0 Å². The highest BCUT2D eigenvalue weighted by Gasteiger charge is 1.57. The zero-order chi connectivity index (χ0) is 7.66. The van der Waals surface area contributed by atoms with E-state index in [1.54, 1.807) is 0 Å². The fourth-order valence-electron chi connectivity index (χ4n) is 0.385. The summed E-state index contributed by atoms with van der Waals surface area (Å²) in [6, 6.07) is 12.0. The minimum atomic E-state index is 1.17. The van der Waals surface area contributed by atoms with Crippen LogP contribution in [0.15, 0.2) is 36.4 Å². The first kappa shape index (κ1) is 10.1. The van der Waals surface area contributed by atoms with Crippen LogP contribution in [0.2, 0.25) is 0 Å². The first-order valence-corrected chi connectivity index (χ1v) is 6.50. The summed E-state index contributed by atoms with van der Waals surface area (Å²) in [5, 5.41) is 0. The molecule has 0 saturated heterocycles. The molecule has 0 aliphatic carbocycles. The Labute approximate surface area is 76.4 Å². The molecule has 0 radical (unpaired) electrons. The van der Waals surface area contributed by atoms with Crippen molar-refractivity contribution in [1.29, 1.82) is 0 Å². The lowest BCUT2D eigenvalue weighted by Gasteiger charge is -1.69. The first-order chi connectivity index (χ1) is 4.91. The van der Waals surface area contributed by atoms with E-state index in [1.807, 2.05) is 36.4 Å². The summed E-state index contributed by atoms with van der Waals surface area (Å²) in [5.41, 5.74) is 0. The minimum Gasteiger partial charge on any atom is -0.0623 e. The van der Waals surface area contributed by atoms with Crippen molar-refractivity contribution in [2.45, 2.75) is 0 Å². The van der Waals surface area contributed by atoms with Gasteiger partial charge in [0.05, 0.1) is 0 Å². The highest BCUT2D eigenvalue weighted by molar-refractivity contribution is 8.51. The van der Waals surface area contributed by atoms with Crippen molar-refractivity contribution in [3.63, 3.8) is 0 Å². The summed E-state index contributed by atoms with van der Waals surface area (Å²) in [6.45, 7) is 0. The molecule has 0 atom stereocenters. The second-order valence-corrected chi connectivity index (χ2v) is 4.83. The van der Waals surface area contributed by atoms with E-state index in [0.29, 0.717) is 0 Å². The molecule has 1 aromatic carbocycles. The molecule has 0 saturated carbocycles. The van der Waals surface area contributed by atoms with Crippen LogP contribution in [-0.2, 0) is 40.1 Å². The summed E-state index contributed by atoms with van der Waals surface area (Å²) >= 11 is 8.66. The normalized spacial score (nSPS) is 6.80. The van der Waals surface area contributed by atoms with Crippen LogP contribution >= 0.6 is 0 Å². The van der Waals surface area contributed by atoms with Crippen molar-refractivity contribution >= 4 is 40.1 Å².